The number of benzene rings is 1. The van der Waals surface area contributed by atoms with E-state index in [1.807, 2.05) is 30.3 Å². The van der Waals surface area contributed by atoms with Crippen molar-refractivity contribution in [3.05, 3.63) is 59.1 Å². The summed E-state index contributed by atoms with van der Waals surface area (Å²) in [7, 11) is 0. The Hall–Kier alpha value is -2.40. The number of nitrogens with zero attached hydrogens (tertiary/aromatic N) is 3. The molecule has 0 radical (unpaired) electrons. The van der Waals surface area contributed by atoms with Crippen molar-refractivity contribution in [1.29, 1.82) is 0 Å². The second-order valence-electron chi connectivity index (χ2n) is 4.33. The summed E-state index contributed by atoms with van der Waals surface area (Å²) in [5.74, 6) is 0.149. The van der Waals surface area contributed by atoms with Gasteiger partial charge in [-0.25, -0.2) is 15.0 Å². The fourth-order valence-corrected chi connectivity index (χ4v) is 2.28. The molecule has 0 aliphatic rings. The minimum atomic E-state index is 0.149. The van der Waals surface area contributed by atoms with Crippen LogP contribution in [-0.4, -0.2) is 19.9 Å². The predicted octanol–water partition coefficient (Wildman–Crippen LogP) is 2.69. The molecule has 100 valence electrons. The lowest BCUT2D eigenvalue weighted by atomic mass is 10.0. The maximum Gasteiger partial charge on any atom is 0.222 e. The highest BCUT2D eigenvalue weighted by atomic mass is 35.5. The second kappa shape index (κ2) is 5.30. The SMILES string of the molecule is Nc1nc(Cl)c(Cc2ccccc2)c(-c2cnc[nH]2)n1. The van der Waals surface area contributed by atoms with Gasteiger partial charge in [-0.2, -0.15) is 0 Å². The Morgan fingerprint density at radius 2 is 1.95 bits per heavy atom. The molecule has 6 heteroatoms. The molecule has 0 fully saturated rings. The number of hydrogen-bond acceptors (Lipinski definition) is 4. The maximum atomic E-state index is 6.24. The van der Waals surface area contributed by atoms with Crippen molar-refractivity contribution in [1.82, 2.24) is 19.9 Å². The molecule has 0 spiro atoms. The van der Waals surface area contributed by atoms with Crippen molar-refractivity contribution in [2.75, 3.05) is 5.73 Å². The molecule has 0 saturated heterocycles. The monoisotopic (exact) mass is 285 g/mol. The van der Waals surface area contributed by atoms with E-state index >= 15 is 0 Å². The molecule has 3 aromatic rings. The number of imidazole rings is 1. The molecule has 0 aliphatic carbocycles. The predicted molar refractivity (Wildman–Crippen MR) is 78.3 cm³/mol. The van der Waals surface area contributed by atoms with Gasteiger partial charge in [0.15, 0.2) is 0 Å². The average Bonchev–Trinajstić information content (AvgIpc) is 2.96. The normalized spacial score (nSPS) is 10.7. The van der Waals surface area contributed by atoms with Crippen molar-refractivity contribution in [3.63, 3.8) is 0 Å². The van der Waals surface area contributed by atoms with E-state index in [1.165, 1.54) is 0 Å². The van der Waals surface area contributed by atoms with Gasteiger partial charge >= 0.3 is 0 Å². The first-order chi connectivity index (χ1) is 9.74. The van der Waals surface area contributed by atoms with Crippen LogP contribution in [0.5, 0.6) is 0 Å². The first-order valence-electron chi connectivity index (χ1n) is 6.08. The molecular formula is C14H12ClN5. The van der Waals surface area contributed by atoms with E-state index in [4.69, 9.17) is 17.3 Å². The summed E-state index contributed by atoms with van der Waals surface area (Å²) in [6, 6.07) is 10.0. The van der Waals surface area contributed by atoms with Crippen molar-refractivity contribution in [2.45, 2.75) is 6.42 Å². The highest BCUT2D eigenvalue weighted by molar-refractivity contribution is 6.30. The number of aromatic nitrogens is 4. The molecule has 0 amide bonds. The molecule has 2 aromatic heterocycles. The third-order valence-corrected chi connectivity index (χ3v) is 3.26. The summed E-state index contributed by atoms with van der Waals surface area (Å²) in [6.07, 6.45) is 3.91. The molecular weight excluding hydrogens is 274 g/mol. The fraction of sp³-hybridized carbons (Fsp3) is 0.0714. The minimum absolute atomic E-state index is 0.149. The Morgan fingerprint density at radius 1 is 1.15 bits per heavy atom. The minimum Gasteiger partial charge on any atom is -0.368 e. The number of rotatable bonds is 3. The highest BCUT2D eigenvalue weighted by Crippen LogP contribution is 2.27. The van der Waals surface area contributed by atoms with E-state index in [0.717, 1.165) is 16.8 Å². The van der Waals surface area contributed by atoms with Gasteiger partial charge in [-0.1, -0.05) is 41.9 Å². The largest absolute Gasteiger partial charge is 0.368 e. The zero-order valence-corrected chi connectivity index (χ0v) is 11.3. The second-order valence-corrected chi connectivity index (χ2v) is 4.69. The van der Waals surface area contributed by atoms with E-state index in [9.17, 15) is 0 Å². The summed E-state index contributed by atoms with van der Waals surface area (Å²) in [5, 5.41) is 0.367. The lowest BCUT2D eigenvalue weighted by Gasteiger charge is -2.10. The van der Waals surface area contributed by atoms with Gasteiger partial charge in [0.1, 0.15) is 5.15 Å². The topological polar surface area (TPSA) is 80.5 Å². The quantitative estimate of drug-likeness (QED) is 0.725. The zero-order chi connectivity index (χ0) is 13.9. The van der Waals surface area contributed by atoms with Gasteiger partial charge in [-0.3, -0.25) is 0 Å². The molecule has 5 nitrogen and oxygen atoms in total. The lowest BCUT2D eigenvalue weighted by Crippen LogP contribution is -2.03. The van der Waals surface area contributed by atoms with Crippen molar-refractivity contribution in [2.24, 2.45) is 0 Å². The van der Waals surface area contributed by atoms with E-state index in [-0.39, 0.29) is 5.95 Å². The van der Waals surface area contributed by atoms with Crippen molar-refractivity contribution >= 4 is 17.5 Å². The third-order valence-electron chi connectivity index (χ3n) is 2.95. The Balaban J connectivity index is 2.09. The van der Waals surface area contributed by atoms with Crippen LogP contribution in [0, 0.1) is 0 Å². The lowest BCUT2D eigenvalue weighted by molar-refractivity contribution is 1.08. The standard InChI is InChI=1S/C14H12ClN5/c15-13-10(6-9-4-2-1-3-5-9)12(19-14(16)20-13)11-7-17-8-18-11/h1-5,7-8H,6H2,(H,17,18)(H2,16,19,20). The van der Waals surface area contributed by atoms with Crippen LogP contribution in [-0.2, 0) is 6.42 Å². The van der Waals surface area contributed by atoms with Gasteiger partial charge in [0.2, 0.25) is 5.95 Å². The molecule has 1 aromatic carbocycles. The molecule has 0 atom stereocenters. The zero-order valence-electron chi connectivity index (χ0n) is 10.5. The molecule has 0 unspecified atom stereocenters. The Labute approximate surface area is 120 Å². The van der Waals surface area contributed by atoms with Gasteiger partial charge in [0.05, 0.1) is 23.9 Å². The van der Waals surface area contributed by atoms with E-state index in [2.05, 4.69) is 19.9 Å². The van der Waals surface area contributed by atoms with Gasteiger partial charge in [0.25, 0.3) is 0 Å². The Morgan fingerprint density at radius 3 is 2.65 bits per heavy atom. The molecule has 20 heavy (non-hydrogen) atoms. The maximum absolute atomic E-state index is 6.24. The average molecular weight is 286 g/mol. The molecule has 0 bridgehead atoms. The van der Waals surface area contributed by atoms with Crippen LogP contribution >= 0.6 is 11.6 Å². The molecule has 0 aliphatic heterocycles. The van der Waals surface area contributed by atoms with Crippen LogP contribution in [0.2, 0.25) is 5.15 Å². The van der Waals surface area contributed by atoms with E-state index in [1.54, 1.807) is 12.5 Å². The van der Waals surface area contributed by atoms with Crippen LogP contribution in [0.4, 0.5) is 5.95 Å². The van der Waals surface area contributed by atoms with Gasteiger partial charge in [-0.05, 0) is 5.56 Å². The van der Waals surface area contributed by atoms with Crippen LogP contribution in [0.3, 0.4) is 0 Å². The van der Waals surface area contributed by atoms with Crippen molar-refractivity contribution in [3.8, 4) is 11.4 Å². The molecule has 2 heterocycles. The van der Waals surface area contributed by atoms with Crippen LogP contribution in [0.25, 0.3) is 11.4 Å². The number of hydrogen-bond donors (Lipinski definition) is 2. The van der Waals surface area contributed by atoms with E-state index in [0.29, 0.717) is 17.3 Å². The number of aromatic amines is 1. The molecule has 0 saturated carbocycles. The number of nitrogens with one attached hydrogen (secondary N) is 1. The van der Waals surface area contributed by atoms with Crippen LogP contribution in [0.15, 0.2) is 42.9 Å². The number of H-pyrrole nitrogens is 1. The summed E-state index contributed by atoms with van der Waals surface area (Å²) in [4.78, 5) is 15.3. The number of anilines is 1. The van der Waals surface area contributed by atoms with Crippen molar-refractivity contribution < 1.29 is 0 Å². The summed E-state index contributed by atoms with van der Waals surface area (Å²) in [5.41, 5.74) is 9.10. The smallest absolute Gasteiger partial charge is 0.222 e. The number of nitrogens with two attached hydrogens (primary N) is 1. The summed E-state index contributed by atoms with van der Waals surface area (Å²) in [6.45, 7) is 0. The van der Waals surface area contributed by atoms with Gasteiger partial charge < -0.3 is 10.7 Å². The summed E-state index contributed by atoms with van der Waals surface area (Å²) < 4.78 is 0. The first-order valence-corrected chi connectivity index (χ1v) is 6.46. The molecule has 3 N–H and O–H groups in total. The Bertz CT molecular complexity index is 710. The molecule has 3 rings (SSSR count). The van der Waals surface area contributed by atoms with Gasteiger partial charge in [0, 0.05) is 12.0 Å². The summed E-state index contributed by atoms with van der Waals surface area (Å²) >= 11 is 6.24. The first kappa shape index (κ1) is 12.6. The number of nitrogen functional groups attached to an aromatic ring is 1. The highest BCUT2D eigenvalue weighted by Gasteiger charge is 2.15. The third kappa shape index (κ3) is 2.48. The Kier molecular flexibility index (Phi) is 3.35. The van der Waals surface area contributed by atoms with Crippen LogP contribution in [0.1, 0.15) is 11.1 Å². The van der Waals surface area contributed by atoms with E-state index < -0.39 is 0 Å². The van der Waals surface area contributed by atoms with Crippen LogP contribution < -0.4 is 5.73 Å². The van der Waals surface area contributed by atoms with Gasteiger partial charge in [-0.15, -0.1) is 0 Å². The number of halogens is 1. The fourth-order valence-electron chi connectivity index (χ4n) is 2.04.